The van der Waals surface area contributed by atoms with E-state index in [0.29, 0.717) is 16.7 Å². The lowest BCUT2D eigenvalue weighted by molar-refractivity contribution is 0.252. The molecule has 0 unspecified atom stereocenters. The molecule has 3 rings (SSSR count). The van der Waals surface area contributed by atoms with E-state index in [0.717, 1.165) is 21.3 Å². The second-order valence-electron chi connectivity index (χ2n) is 4.98. The van der Waals surface area contributed by atoms with Crippen molar-refractivity contribution in [2.24, 2.45) is 7.05 Å². The SMILES string of the molecule is Cc1cnc(NC(=O)NCc2cn(C)c3c(Cl)cccc23)s1. The zero-order valence-electron chi connectivity index (χ0n) is 12.2. The number of thiazole rings is 1. The highest BCUT2D eigenvalue weighted by atomic mass is 35.5. The van der Waals surface area contributed by atoms with E-state index in [-0.39, 0.29) is 6.03 Å². The van der Waals surface area contributed by atoms with E-state index in [1.54, 1.807) is 6.20 Å². The van der Waals surface area contributed by atoms with Gasteiger partial charge in [-0.2, -0.15) is 0 Å². The van der Waals surface area contributed by atoms with Gasteiger partial charge in [-0.25, -0.2) is 9.78 Å². The van der Waals surface area contributed by atoms with Crippen molar-refractivity contribution in [2.75, 3.05) is 5.32 Å². The molecule has 0 saturated heterocycles. The van der Waals surface area contributed by atoms with E-state index in [2.05, 4.69) is 15.6 Å². The number of hydrogen-bond donors (Lipinski definition) is 2. The zero-order valence-corrected chi connectivity index (χ0v) is 13.8. The summed E-state index contributed by atoms with van der Waals surface area (Å²) >= 11 is 7.66. The number of carbonyl (C=O) groups is 1. The lowest BCUT2D eigenvalue weighted by Gasteiger charge is -2.04. The van der Waals surface area contributed by atoms with E-state index in [1.165, 1.54) is 11.3 Å². The van der Waals surface area contributed by atoms with Gasteiger partial charge in [-0.15, -0.1) is 11.3 Å². The van der Waals surface area contributed by atoms with Crippen molar-refractivity contribution in [2.45, 2.75) is 13.5 Å². The molecule has 114 valence electrons. The molecule has 1 aromatic carbocycles. The van der Waals surface area contributed by atoms with Gasteiger partial charge in [0.15, 0.2) is 5.13 Å². The Kier molecular flexibility index (Phi) is 4.04. The first-order valence-corrected chi connectivity index (χ1v) is 7.94. The van der Waals surface area contributed by atoms with Gasteiger partial charge in [0.05, 0.1) is 10.5 Å². The summed E-state index contributed by atoms with van der Waals surface area (Å²) < 4.78 is 1.97. The summed E-state index contributed by atoms with van der Waals surface area (Å²) in [5, 5.41) is 7.90. The Balaban J connectivity index is 1.71. The molecule has 0 radical (unpaired) electrons. The number of nitrogens with one attached hydrogen (secondary N) is 2. The summed E-state index contributed by atoms with van der Waals surface area (Å²) in [4.78, 5) is 17.1. The second kappa shape index (κ2) is 5.98. The van der Waals surface area contributed by atoms with Gasteiger partial charge in [0.2, 0.25) is 0 Å². The van der Waals surface area contributed by atoms with Gasteiger partial charge in [-0.05, 0) is 18.6 Å². The molecule has 2 N–H and O–H groups in total. The van der Waals surface area contributed by atoms with Crippen molar-refractivity contribution >= 4 is 45.0 Å². The van der Waals surface area contributed by atoms with Crippen molar-refractivity contribution in [3.63, 3.8) is 0 Å². The molecular formula is C15H15ClN4OS. The largest absolute Gasteiger partial charge is 0.349 e. The predicted octanol–water partition coefficient (Wildman–Crippen LogP) is 3.92. The minimum atomic E-state index is -0.270. The maximum atomic E-state index is 11.9. The third-order valence-electron chi connectivity index (χ3n) is 3.32. The minimum absolute atomic E-state index is 0.270. The fraction of sp³-hybridized carbons (Fsp3) is 0.200. The number of aryl methyl sites for hydroxylation is 2. The molecule has 2 heterocycles. The van der Waals surface area contributed by atoms with E-state index < -0.39 is 0 Å². The van der Waals surface area contributed by atoms with E-state index >= 15 is 0 Å². The number of nitrogens with zero attached hydrogens (tertiary/aromatic N) is 2. The Labute approximate surface area is 136 Å². The monoisotopic (exact) mass is 334 g/mol. The van der Waals surface area contributed by atoms with Crippen LogP contribution in [0, 0.1) is 6.92 Å². The smallest absolute Gasteiger partial charge is 0.321 e. The summed E-state index contributed by atoms with van der Waals surface area (Å²) in [5.74, 6) is 0. The highest BCUT2D eigenvalue weighted by molar-refractivity contribution is 7.15. The van der Waals surface area contributed by atoms with Gasteiger partial charge in [0.25, 0.3) is 0 Å². The van der Waals surface area contributed by atoms with Crippen molar-refractivity contribution in [3.05, 3.63) is 46.1 Å². The van der Waals surface area contributed by atoms with Crippen molar-refractivity contribution < 1.29 is 4.79 Å². The van der Waals surface area contributed by atoms with Crippen LogP contribution >= 0.6 is 22.9 Å². The second-order valence-corrected chi connectivity index (χ2v) is 6.63. The fourth-order valence-electron chi connectivity index (χ4n) is 2.37. The first-order chi connectivity index (χ1) is 10.5. The zero-order chi connectivity index (χ0) is 15.7. The Morgan fingerprint density at radius 1 is 1.45 bits per heavy atom. The van der Waals surface area contributed by atoms with Crippen molar-refractivity contribution in [1.29, 1.82) is 0 Å². The molecule has 22 heavy (non-hydrogen) atoms. The average molecular weight is 335 g/mol. The quantitative estimate of drug-likeness (QED) is 0.762. The molecule has 2 aromatic heterocycles. The molecule has 0 aliphatic heterocycles. The summed E-state index contributed by atoms with van der Waals surface area (Å²) in [6.45, 7) is 2.37. The number of carbonyl (C=O) groups excluding carboxylic acids is 1. The van der Waals surface area contributed by atoms with Gasteiger partial charge in [-0.1, -0.05) is 23.7 Å². The van der Waals surface area contributed by atoms with Gasteiger partial charge in [0.1, 0.15) is 0 Å². The molecule has 0 aliphatic rings. The molecule has 0 aliphatic carbocycles. The molecule has 0 fully saturated rings. The van der Waals surface area contributed by atoms with E-state index in [9.17, 15) is 4.79 Å². The molecular weight excluding hydrogens is 320 g/mol. The Morgan fingerprint density at radius 3 is 3.00 bits per heavy atom. The van der Waals surface area contributed by atoms with Crippen LogP contribution in [0.15, 0.2) is 30.6 Å². The predicted molar refractivity (Wildman–Crippen MR) is 90.6 cm³/mol. The van der Waals surface area contributed by atoms with E-state index in [1.807, 2.05) is 42.9 Å². The fourth-order valence-corrected chi connectivity index (χ4v) is 3.34. The average Bonchev–Trinajstić information content (AvgIpc) is 3.01. The number of hydrogen-bond acceptors (Lipinski definition) is 3. The van der Waals surface area contributed by atoms with Crippen LogP contribution in [-0.2, 0) is 13.6 Å². The van der Waals surface area contributed by atoms with Crippen LogP contribution in [-0.4, -0.2) is 15.6 Å². The molecule has 0 atom stereocenters. The Hall–Kier alpha value is -2.05. The Bertz CT molecular complexity index is 839. The summed E-state index contributed by atoms with van der Waals surface area (Å²) in [7, 11) is 1.94. The molecule has 2 amide bonds. The normalized spacial score (nSPS) is 10.9. The highest BCUT2D eigenvalue weighted by Crippen LogP contribution is 2.27. The lowest BCUT2D eigenvalue weighted by atomic mass is 10.2. The van der Waals surface area contributed by atoms with Crippen molar-refractivity contribution in [3.8, 4) is 0 Å². The lowest BCUT2D eigenvalue weighted by Crippen LogP contribution is -2.28. The van der Waals surface area contributed by atoms with Crippen LogP contribution < -0.4 is 10.6 Å². The maximum absolute atomic E-state index is 11.9. The Morgan fingerprint density at radius 2 is 2.27 bits per heavy atom. The number of halogens is 1. The minimum Gasteiger partial charge on any atom is -0.349 e. The highest BCUT2D eigenvalue weighted by Gasteiger charge is 2.11. The van der Waals surface area contributed by atoms with E-state index in [4.69, 9.17) is 11.6 Å². The number of anilines is 1. The first-order valence-electron chi connectivity index (χ1n) is 6.74. The van der Waals surface area contributed by atoms with Gasteiger partial charge in [-0.3, -0.25) is 5.32 Å². The standard InChI is InChI=1S/C15H15ClN4OS/c1-9-6-18-15(22-9)19-14(21)17-7-10-8-20(2)13-11(10)4-3-5-12(13)16/h3-6,8H,7H2,1-2H3,(H2,17,18,19,21). The molecule has 3 aromatic rings. The molecule has 0 spiro atoms. The number of amides is 2. The number of urea groups is 1. The number of fused-ring (bicyclic) bond motifs is 1. The third kappa shape index (κ3) is 2.93. The van der Waals surface area contributed by atoms with Gasteiger partial charge < -0.3 is 9.88 Å². The number of rotatable bonds is 3. The van der Waals surface area contributed by atoms with Crippen LogP contribution in [0.5, 0.6) is 0 Å². The number of benzene rings is 1. The molecule has 0 bridgehead atoms. The first kappa shape index (κ1) is 14.9. The van der Waals surface area contributed by atoms with Crippen LogP contribution in [0.25, 0.3) is 10.9 Å². The van der Waals surface area contributed by atoms with Crippen LogP contribution in [0.3, 0.4) is 0 Å². The topological polar surface area (TPSA) is 59.0 Å². The van der Waals surface area contributed by atoms with Crippen LogP contribution in [0.2, 0.25) is 5.02 Å². The van der Waals surface area contributed by atoms with Gasteiger partial charge in [0, 0.05) is 36.2 Å². The number of aromatic nitrogens is 2. The molecule has 5 nitrogen and oxygen atoms in total. The molecule has 7 heteroatoms. The summed E-state index contributed by atoms with van der Waals surface area (Å²) in [5.41, 5.74) is 1.99. The van der Waals surface area contributed by atoms with Crippen LogP contribution in [0.1, 0.15) is 10.4 Å². The third-order valence-corrected chi connectivity index (χ3v) is 4.45. The van der Waals surface area contributed by atoms with Gasteiger partial charge >= 0.3 is 6.03 Å². The van der Waals surface area contributed by atoms with Crippen LogP contribution in [0.4, 0.5) is 9.93 Å². The summed E-state index contributed by atoms with van der Waals surface area (Å²) in [6, 6.07) is 5.50. The van der Waals surface area contributed by atoms with Crippen molar-refractivity contribution in [1.82, 2.24) is 14.9 Å². The summed E-state index contributed by atoms with van der Waals surface area (Å²) in [6.07, 6.45) is 3.71. The molecule has 0 saturated carbocycles. The number of para-hydroxylation sites is 1. The maximum Gasteiger partial charge on any atom is 0.321 e.